The Morgan fingerprint density at radius 2 is 1.92 bits per heavy atom. The number of rotatable bonds is 5. The fraction of sp³-hybridized carbons (Fsp3) is 0.526. The van der Waals surface area contributed by atoms with Crippen LogP contribution in [0, 0.1) is 17.8 Å². The summed E-state index contributed by atoms with van der Waals surface area (Å²) in [5.41, 5.74) is 0.643. The van der Waals surface area contributed by atoms with Crippen molar-refractivity contribution in [1.82, 2.24) is 0 Å². The van der Waals surface area contributed by atoms with E-state index in [2.05, 4.69) is 5.32 Å². The number of ketones is 1. The number of anilines is 1. The van der Waals surface area contributed by atoms with Gasteiger partial charge in [0.25, 0.3) is 5.91 Å². The predicted molar refractivity (Wildman–Crippen MR) is 91.1 cm³/mol. The number of carbonyl (C=O) groups excluding carboxylic acids is 3. The average Bonchev–Trinajstić information content (AvgIpc) is 3.34. The molecule has 1 aromatic rings. The van der Waals surface area contributed by atoms with Crippen LogP contribution < -0.4 is 14.8 Å². The van der Waals surface area contributed by atoms with Crippen LogP contribution in [0.25, 0.3) is 0 Å². The van der Waals surface area contributed by atoms with E-state index in [1.807, 2.05) is 0 Å². The van der Waals surface area contributed by atoms with Crippen LogP contribution in [-0.2, 0) is 14.3 Å². The zero-order valence-electron chi connectivity index (χ0n) is 14.6. The molecule has 1 amide bonds. The van der Waals surface area contributed by atoms with Gasteiger partial charge in [-0.1, -0.05) is 6.42 Å². The highest BCUT2D eigenvalue weighted by atomic mass is 16.7. The van der Waals surface area contributed by atoms with E-state index in [9.17, 15) is 14.4 Å². The molecule has 1 aromatic carbocycles. The van der Waals surface area contributed by atoms with E-state index in [0.29, 0.717) is 34.6 Å². The smallest absolute Gasteiger partial charge is 0.309 e. The summed E-state index contributed by atoms with van der Waals surface area (Å²) in [4.78, 5) is 36.3. The second kappa shape index (κ2) is 6.63. The third kappa shape index (κ3) is 3.13. The Balaban J connectivity index is 1.37. The van der Waals surface area contributed by atoms with Gasteiger partial charge in [0, 0.05) is 11.6 Å². The fourth-order valence-electron chi connectivity index (χ4n) is 4.30. The first kappa shape index (κ1) is 16.9. The van der Waals surface area contributed by atoms with Gasteiger partial charge in [-0.2, -0.15) is 0 Å². The zero-order valence-corrected chi connectivity index (χ0v) is 14.6. The largest absolute Gasteiger partial charge is 0.455 e. The van der Waals surface area contributed by atoms with Gasteiger partial charge in [-0.05, 0) is 44.1 Å². The molecule has 1 N–H and O–H groups in total. The SMILES string of the molecule is CC(=O)c1cc2c(cc1NC(=O)COC(=O)C1CC3CCC1C3)OCO2. The molecule has 2 fully saturated rings. The van der Waals surface area contributed by atoms with Crippen molar-refractivity contribution in [2.75, 3.05) is 18.7 Å². The Bertz CT molecular complexity index is 774. The molecule has 3 aliphatic rings. The van der Waals surface area contributed by atoms with Crippen LogP contribution in [0.4, 0.5) is 5.69 Å². The monoisotopic (exact) mass is 359 g/mol. The molecule has 7 heteroatoms. The van der Waals surface area contributed by atoms with Crippen LogP contribution in [0.1, 0.15) is 43.0 Å². The minimum Gasteiger partial charge on any atom is -0.455 e. The lowest BCUT2D eigenvalue weighted by atomic mass is 9.89. The zero-order chi connectivity index (χ0) is 18.3. The summed E-state index contributed by atoms with van der Waals surface area (Å²) in [6.07, 6.45) is 4.26. The summed E-state index contributed by atoms with van der Waals surface area (Å²) in [5, 5.41) is 2.63. The van der Waals surface area contributed by atoms with Crippen molar-refractivity contribution in [3.05, 3.63) is 17.7 Å². The van der Waals surface area contributed by atoms with E-state index in [-0.39, 0.29) is 31.1 Å². The number of benzene rings is 1. The molecule has 1 aliphatic heterocycles. The van der Waals surface area contributed by atoms with Gasteiger partial charge in [0.05, 0.1) is 11.6 Å². The van der Waals surface area contributed by atoms with Crippen molar-refractivity contribution in [1.29, 1.82) is 0 Å². The Morgan fingerprint density at radius 1 is 1.15 bits per heavy atom. The first-order valence-corrected chi connectivity index (χ1v) is 8.92. The van der Waals surface area contributed by atoms with E-state index in [4.69, 9.17) is 14.2 Å². The van der Waals surface area contributed by atoms with Gasteiger partial charge in [-0.15, -0.1) is 0 Å². The fourth-order valence-corrected chi connectivity index (χ4v) is 4.30. The lowest BCUT2D eigenvalue weighted by Gasteiger charge is -2.19. The van der Waals surface area contributed by atoms with E-state index in [1.54, 1.807) is 12.1 Å². The molecule has 2 aliphatic carbocycles. The molecule has 0 aromatic heterocycles. The Morgan fingerprint density at radius 3 is 2.58 bits per heavy atom. The first-order valence-electron chi connectivity index (χ1n) is 8.92. The van der Waals surface area contributed by atoms with Crippen molar-refractivity contribution < 1.29 is 28.6 Å². The van der Waals surface area contributed by atoms with Gasteiger partial charge in [0.1, 0.15) is 0 Å². The van der Waals surface area contributed by atoms with Gasteiger partial charge in [-0.3, -0.25) is 14.4 Å². The number of Topliss-reactive ketones (excluding diaryl/α,β-unsaturated/α-hetero) is 1. The highest BCUT2D eigenvalue weighted by molar-refractivity contribution is 6.05. The predicted octanol–water partition coefficient (Wildman–Crippen LogP) is 2.54. The third-order valence-corrected chi connectivity index (χ3v) is 5.55. The molecule has 7 nitrogen and oxygen atoms in total. The third-order valence-electron chi connectivity index (χ3n) is 5.55. The standard InChI is InChI=1S/C19H21NO6/c1-10(21)13-6-16-17(26-9-25-16)7-15(13)20-18(22)8-24-19(23)14-5-11-2-3-12(14)4-11/h6-7,11-12,14H,2-5,8-9H2,1H3,(H,20,22). The molecular formula is C19H21NO6. The number of carbonyl (C=O) groups is 3. The Labute approximate surface area is 151 Å². The van der Waals surface area contributed by atoms with Crippen LogP contribution in [-0.4, -0.2) is 31.1 Å². The maximum Gasteiger partial charge on any atom is 0.309 e. The summed E-state index contributed by atoms with van der Waals surface area (Å²) >= 11 is 0. The molecule has 4 rings (SSSR count). The quantitative estimate of drug-likeness (QED) is 0.642. The minimum absolute atomic E-state index is 0.0696. The van der Waals surface area contributed by atoms with Gasteiger partial charge in [0.2, 0.25) is 6.79 Å². The minimum atomic E-state index is -0.483. The molecule has 1 heterocycles. The number of ether oxygens (including phenoxy) is 3. The maximum atomic E-state index is 12.2. The molecule has 0 radical (unpaired) electrons. The molecular weight excluding hydrogens is 338 g/mol. The number of amides is 1. The summed E-state index contributed by atoms with van der Waals surface area (Å²) in [7, 11) is 0. The summed E-state index contributed by atoms with van der Waals surface area (Å²) in [6, 6.07) is 3.09. The van der Waals surface area contributed by atoms with Crippen LogP contribution in [0.3, 0.4) is 0 Å². The Hall–Kier alpha value is -2.57. The first-order chi connectivity index (χ1) is 12.5. The van der Waals surface area contributed by atoms with Crippen LogP contribution >= 0.6 is 0 Å². The van der Waals surface area contributed by atoms with E-state index in [0.717, 1.165) is 19.3 Å². The van der Waals surface area contributed by atoms with Crippen LogP contribution in [0.5, 0.6) is 11.5 Å². The molecule has 138 valence electrons. The molecule has 26 heavy (non-hydrogen) atoms. The number of hydrogen-bond donors (Lipinski definition) is 1. The van der Waals surface area contributed by atoms with E-state index < -0.39 is 5.91 Å². The summed E-state index contributed by atoms with van der Waals surface area (Å²) in [5.74, 6) is 0.928. The molecule has 0 spiro atoms. The highest BCUT2D eigenvalue weighted by Crippen LogP contribution is 2.48. The molecule has 2 bridgehead atoms. The molecule has 0 saturated heterocycles. The van der Waals surface area contributed by atoms with Gasteiger partial charge >= 0.3 is 5.97 Å². The van der Waals surface area contributed by atoms with E-state index >= 15 is 0 Å². The lowest BCUT2D eigenvalue weighted by molar-refractivity contribution is -0.153. The van der Waals surface area contributed by atoms with Crippen molar-refractivity contribution in [2.24, 2.45) is 17.8 Å². The van der Waals surface area contributed by atoms with Crippen molar-refractivity contribution in [3.63, 3.8) is 0 Å². The average molecular weight is 359 g/mol. The normalized spacial score (nSPS) is 25.2. The van der Waals surface area contributed by atoms with Gasteiger partial charge in [-0.25, -0.2) is 0 Å². The maximum absolute atomic E-state index is 12.2. The second-order valence-corrected chi connectivity index (χ2v) is 7.24. The number of nitrogens with one attached hydrogen (secondary N) is 1. The number of esters is 1. The van der Waals surface area contributed by atoms with Crippen molar-refractivity contribution >= 4 is 23.3 Å². The topological polar surface area (TPSA) is 90.9 Å². The van der Waals surface area contributed by atoms with Crippen LogP contribution in [0.15, 0.2) is 12.1 Å². The molecule has 3 atom stereocenters. The van der Waals surface area contributed by atoms with Crippen molar-refractivity contribution in [3.8, 4) is 11.5 Å². The molecule has 2 saturated carbocycles. The second-order valence-electron chi connectivity index (χ2n) is 7.24. The highest BCUT2D eigenvalue weighted by Gasteiger charge is 2.44. The van der Waals surface area contributed by atoms with Crippen LogP contribution in [0.2, 0.25) is 0 Å². The summed E-state index contributed by atoms with van der Waals surface area (Å²) < 4.78 is 15.7. The van der Waals surface area contributed by atoms with Gasteiger partial charge in [0.15, 0.2) is 23.9 Å². The Kier molecular flexibility index (Phi) is 4.30. The van der Waals surface area contributed by atoms with E-state index in [1.165, 1.54) is 13.3 Å². The lowest BCUT2D eigenvalue weighted by Crippen LogP contribution is -2.27. The number of hydrogen-bond acceptors (Lipinski definition) is 6. The molecule has 3 unspecified atom stereocenters. The van der Waals surface area contributed by atoms with Gasteiger partial charge < -0.3 is 19.5 Å². The van der Waals surface area contributed by atoms with Crippen molar-refractivity contribution in [2.45, 2.75) is 32.6 Å². The number of fused-ring (bicyclic) bond motifs is 3. The summed E-state index contributed by atoms with van der Waals surface area (Å²) in [6.45, 7) is 1.12.